The van der Waals surface area contributed by atoms with Crippen LogP contribution >= 0.6 is 23.2 Å². The van der Waals surface area contributed by atoms with Crippen molar-refractivity contribution in [1.29, 1.82) is 0 Å². The summed E-state index contributed by atoms with van der Waals surface area (Å²) in [7, 11) is 0. The molecule has 0 unspecified atom stereocenters. The SMILES string of the molecule is Nc1cccc(C(=O)Nc2c(F)cc(F)cc2Cl)c1Cl. The van der Waals surface area contributed by atoms with Crippen molar-refractivity contribution in [3.05, 3.63) is 57.6 Å². The van der Waals surface area contributed by atoms with Crippen LogP contribution in [0, 0.1) is 11.6 Å². The maximum atomic E-state index is 13.6. The molecular formula is C13H8Cl2F2N2O. The maximum absolute atomic E-state index is 13.6. The van der Waals surface area contributed by atoms with Gasteiger partial charge in [-0.1, -0.05) is 29.3 Å². The van der Waals surface area contributed by atoms with Crippen LogP contribution in [0.3, 0.4) is 0 Å². The second kappa shape index (κ2) is 5.64. The molecule has 104 valence electrons. The number of carbonyl (C=O) groups is 1. The molecule has 2 aromatic carbocycles. The summed E-state index contributed by atoms with van der Waals surface area (Å²) in [5, 5.41) is 2.03. The van der Waals surface area contributed by atoms with Gasteiger partial charge in [0, 0.05) is 6.07 Å². The Morgan fingerprint density at radius 1 is 1.20 bits per heavy atom. The minimum Gasteiger partial charge on any atom is -0.398 e. The number of halogens is 4. The Labute approximate surface area is 123 Å². The molecule has 0 aliphatic rings. The molecule has 0 bridgehead atoms. The number of carbonyl (C=O) groups excluding carboxylic acids is 1. The fourth-order valence-electron chi connectivity index (χ4n) is 1.57. The van der Waals surface area contributed by atoms with E-state index in [0.717, 1.165) is 6.07 Å². The topological polar surface area (TPSA) is 55.1 Å². The summed E-state index contributed by atoms with van der Waals surface area (Å²) in [5.74, 6) is -2.52. The number of benzene rings is 2. The average Bonchev–Trinajstić information content (AvgIpc) is 2.36. The van der Waals surface area contributed by atoms with E-state index in [-0.39, 0.29) is 27.0 Å². The van der Waals surface area contributed by atoms with Gasteiger partial charge < -0.3 is 11.1 Å². The van der Waals surface area contributed by atoms with E-state index in [0.29, 0.717) is 6.07 Å². The van der Waals surface area contributed by atoms with Crippen molar-refractivity contribution in [1.82, 2.24) is 0 Å². The lowest BCUT2D eigenvalue weighted by molar-refractivity contribution is 0.102. The highest BCUT2D eigenvalue weighted by Gasteiger charge is 2.17. The summed E-state index contributed by atoms with van der Waals surface area (Å²) in [5.41, 5.74) is 5.52. The Bertz CT molecular complexity index is 669. The molecule has 20 heavy (non-hydrogen) atoms. The number of anilines is 2. The Balaban J connectivity index is 2.36. The van der Waals surface area contributed by atoms with E-state index in [9.17, 15) is 13.6 Å². The van der Waals surface area contributed by atoms with Gasteiger partial charge in [0.1, 0.15) is 5.82 Å². The van der Waals surface area contributed by atoms with Crippen LogP contribution in [0.2, 0.25) is 10.0 Å². The first-order valence-electron chi connectivity index (χ1n) is 5.40. The molecule has 0 fully saturated rings. The van der Waals surface area contributed by atoms with E-state index < -0.39 is 17.5 Å². The molecule has 0 saturated carbocycles. The number of hydrogen-bond donors (Lipinski definition) is 2. The zero-order valence-electron chi connectivity index (χ0n) is 9.88. The highest BCUT2D eigenvalue weighted by molar-refractivity contribution is 6.37. The predicted octanol–water partition coefficient (Wildman–Crippen LogP) is 4.11. The lowest BCUT2D eigenvalue weighted by Crippen LogP contribution is -2.14. The first-order valence-corrected chi connectivity index (χ1v) is 6.15. The highest BCUT2D eigenvalue weighted by Crippen LogP contribution is 2.29. The van der Waals surface area contributed by atoms with Gasteiger partial charge in [-0.05, 0) is 18.2 Å². The van der Waals surface area contributed by atoms with Crippen LogP contribution in [-0.4, -0.2) is 5.91 Å². The molecule has 0 heterocycles. The lowest BCUT2D eigenvalue weighted by atomic mass is 10.2. The summed E-state index contributed by atoms with van der Waals surface area (Å²) in [6.07, 6.45) is 0. The van der Waals surface area contributed by atoms with Gasteiger partial charge >= 0.3 is 0 Å². The van der Waals surface area contributed by atoms with Crippen molar-refractivity contribution in [3.8, 4) is 0 Å². The van der Waals surface area contributed by atoms with Crippen LogP contribution < -0.4 is 11.1 Å². The number of nitrogen functional groups attached to an aromatic ring is 1. The van der Waals surface area contributed by atoms with Crippen molar-refractivity contribution in [2.75, 3.05) is 11.1 Å². The van der Waals surface area contributed by atoms with Gasteiger partial charge in [0.2, 0.25) is 0 Å². The number of nitrogens with two attached hydrogens (primary N) is 1. The third kappa shape index (κ3) is 2.84. The highest BCUT2D eigenvalue weighted by atomic mass is 35.5. The average molecular weight is 317 g/mol. The van der Waals surface area contributed by atoms with Gasteiger partial charge in [-0.25, -0.2) is 8.78 Å². The second-order valence-electron chi connectivity index (χ2n) is 3.91. The molecule has 0 aliphatic carbocycles. The third-order valence-corrected chi connectivity index (χ3v) is 3.24. The maximum Gasteiger partial charge on any atom is 0.257 e. The summed E-state index contributed by atoms with van der Waals surface area (Å²) < 4.78 is 26.5. The van der Waals surface area contributed by atoms with Gasteiger partial charge in [0.15, 0.2) is 5.82 Å². The van der Waals surface area contributed by atoms with Crippen molar-refractivity contribution in [2.45, 2.75) is 0 Å². The molecule has 3 N–H and O–H groups in total. The van der Waals surface area contributed by atoms with Crippen LogP contribution in [0.25, 0.3) is 0 Å². The van der Waals surface area contributed by atoms with E-state index in [4.69, 9.17) is 28.9 Å². The quantitative estimate of drug-likeness (QED) is 0.819. The minimum atomic E-state index is -0.983. The molecule has 0 saturated heterocycles. The zero-order chi connectivity index (χ0) is 14.9. The van der Waals surface area contributed by atoms with Crippen molar-refractivity contribution < 1.29 is 13.6 Å². The fourth-order valence-corrected chi connectivity index (χ4v) is 2.02. The Kier molecular flexibility index (Phi) is 4.11. The number of rotatable bonds is 2. The van der Waals surface area contributed by atoms with Crippen molar-refractivity contribution in [2.24, 2.45) is 0 Å². The molecule has 0 aromatic heterocycles. The van der Waals surface area contributed by atoms with Gasteiger partial charge in [-0.2, -0.15) is 0 Å². The first-order chi connectivity index (χ1) is 9.40. The molecular weight excluding hydrogens is 309 g/mol. The van der Waals surface area contributed by atoms with Crippen LogP contribution in [-0.2, 0) is 0 Å². The van der Waals surface area contributed by atoms with E-state index >= 15 is 0 Å². The van der Waals surface area contributed by atoms with Gasteiger partial charge in [-0.15, -0.1) is 0 Å². The molecule has 2 aromatic rings. The third-order valence-electron chi connectivity index (χ3n) is 2.52. The monoisotopic (exact) mass is 316 g/mol. The second-order valence-corrected chi connectivity index (χ2v) is 4.69. The fraction of sp³-hybridized carbons (Fsp3) is 0. The molecule has 0 atom stereocenters. The molecule has 0 radical (unpaired) electrons. The first kappa shape index (κ1) is 14.6. The van der Waals surface area contributed by atoms with E-state index in [1.807, 2.05) is 0 Å². The zero-order valence-corrected chi connectivity index (χ0v) is 11.4. The van der Waals surface area contributed by atoms with Gasteiger partial charge in [0.25, 0.3) is 5.91 Å². The van der Waals surface area contributed by atoms with Crippen LogP contribution in [0.15, 0.2) is 30.3 Å². The minimum absolute atomic E-state index is 0.0450. The van der Waals surface area contributed by atoms with Crippen LogP contribution in [0.4, 0.5) is 20.2 Å². The van der Waals surface area contributed by atoms with Gasteiger partial charge in [0.05, 0.1) is 27.0 Å². The molecule has 3 nitrogen and oxygen atoms in total. The largest absolute Gasteiger partial charge is 0.398 e. The van der Waals surface area contributed by atoms with E-state index in [2.05, 4.69) is 5.32 Å². The van der Waals surface area contributed by atoms with Crippen molar-refractivity contribution >= 4 is 40.5 Å². The summed E-state index contributed by atoms with van der Waals surface area (Å²) in [4.78, 5) is 12.0. The summed E-state index contributed by atoms with van der Waals surface area (Å²) in [6.45, 7) is 0. The molecule has 1 amide bonds. The molecule has 0 spiro atoms. The van der Waals surface area contributed by atoms with Crippen LogP contribution in [0.1, 0.15) is 10.4 Å². The standard InChI is InChI=1S/C13H8Cl2F2N2O/c14-8-4-6(16)5-9(17)12(8)19-13(20)7-2-1-3-10(18)11(7)15/h1-5H,18H2,(H,19,20). The predicted molar refractivity (Wildman–Crippen MR) is 75.2 cm³/mol. The number of nitrogens with one attached hydrogen (secondary N) is 1. The Morgan fingerprint density at radius 3 is 2.55 bits per heavy atom. The number of hydrogen-bond acceptors (Lipinski definition) is 2. The summed E-state index contributed by atoms with van der Waals surface area (Å²) in [6, 6.07) is 5.97. The normalized spacial score (nSPS) is 10.4. The summed E-state index contributed by atoms with van der Waals surface area (Å²) >= 11 is 11.6. The van der Waals surface area contributed by atoms with Crippen LogP contribution in [0.5, 0.6) is 0 Å². The van der Waals surface area contributed by atoms with Crippen molar-refractivity contribution in [3.63, 3.8) is 0 Å². The van der Waals surface area contributed by atoms with E-state index in [1.165, 1.54) is 18.2 Å². The van der Waals surface area contributed by atoms with Gasteiger partial charge in [-0.3, -0.25) is 4.79 Å². The molecule has 2 rings (SSSR count). The van der Waals surface area contributed by atoms with E-state index in [1.54, 1.807) is 0 Å². The molecule has 0 aliphatic heterocycles. The smallest absolute Gasteiger partial charge is 0.257 e. The Hall–Kier alpha value is -1.85. The Morgan fingerprint density at radius 2 is 1.90 bits per heavy atom. The molecule has 7 heteroatoms. The number of amides is 1. The lowest BCUT2D eigenvalue weighted by Gasteiger charge is -2.10.